The number of aromatic amines is 1. The molecule has 156 valence electrons. The Kier molecular flexibility index (Phi) is 5.64. The molecule has 1 fully saturated rings. The first-order valence-electron chi connectivity index (χ1n) is 9.59. The standard InChI is InChI=1S/C21H20ClN3O4S/c22-17-9-8-14(12-19(17)30(28,29)25-10-4-1-5-11-25)23-21(27)16-13-20(26)24-18-7-3-2-6-15(16)18/h2-3,6-9,12-13H,1,4-5,10-11H2,(H,23,27)(H,24,26). The first kappa shape index (κ1) is 20.6. The summed E-state index contributed by atoms with van der Waals surface area (Å²) in [6.45, 7) is 0.905. The molecule has 1 amide bonds. The first-order valence-corrected chi connectivity index (χ1v) is 11.4. The molecule has 4 rings (SSSR count). The van der Waals surface area contributed by atoms with Gasteiger partial charge in [-0.05, 0) is 37.1 Å². The molecule has 0 spiro atoms. The Bertz CT molecular complexity index is 1280. The van der Waals surface area contributed by atoms with E-state index in [-0.39, 0.29) is 21.2 Å². The number of H-pyrrole nitrogens is 1. The van der Waals surface area contributed by atoms with Gasteiger partial charge in [0.05, 0.1) is 10.6 Å². The summed E-state index contributed by atoms with van der Waals surface area (Å²) in [4.78, 5) is 27.4. The number of carbonyl (C=O) groups is 1. The Hall–Kier alpha value is -2.68. The van der Waals surface area contributed by atoms with Crippen LogP contribution in [0.4, 0.5) is 5.69 Å². The molecule has 7 nitrogen and oxygen atoms in total. The largest absolute Gasteiger partial charge is 0.322 e. The van der Waals surface area contributed by atoms with Crippen molar-refractivity contribution in [3.63, 3.8) is 0 Å². The average Bonchev–Trinajstić information content (AvgIpc) is 2.75. The number of hydrogen-bond donors (Lipinski definition) is 2. The highest BCUT2D eigenvalue weighted by molar-refractivity contribution is 7.89. The minimum Gasteiger partial charge on any atom is -0.322 e. The van der Waals surface area contributed by atoms with Crippen LogP contribution in [0.15, 0.2) is 58.2 Å². The molecule has 1 aliphatic heterocycles. The van der Waals surface area contributed by atoms with E-state index in [1.807, 2.05) is 0 Å². The fourth-order valence-corrected chi connectivity index (χ4v) is 5.63. The van der Waals surface area contributed by atoms with Crippen molar-refractivity contribution in [3.8, 4) is 0 Å². The summed E-state index contributed by atoms with van der Waals surface area (Å²) in [5.41, 5.74) is 0.622. The highest BCUT2D eigenvalue weighted by Crippen LogP contribution is 2.29. The predicted octanol–water partition coefficient (Wildman–Crippen LogP) is 3.61. The van der Waals surface area contributed by atoms with Crippen LogP contribution in [0, 0.1) is 0 Å². The second kappa shape index (κ2) is 8.22. The number of sulfonamides is 1. The van der Waals surface area contributed by atoms with Crippen LogP contribution in [0.2, 0.25) is 5.02 Å². The van der Waals surface area contributed by atoms with E-state index in [0.29, 0.717) is 24.0 Å². The molecule has 0 radical (unpaired) electrons. The molecule has 2 N–H and O–H groups in total. The fourth-order valence-electron chi connectivity index (χ4n) is 3.61. The number of benzene rings is 2. The zero-order chi connectivity index (χ0) is 21.3. The van der Waals surface area contributed by atoms with Gasteiger partial charge in [-0.25, -0.2) is 8.42 Å². The third kappa shape index (κ3) is 3.98. The summed E-state index contributed by atoms with van der Waals surface area (Å²) in [5.74, 6) is -0.513. The van der Waals surface area contributed by atoms with Gasteiger partial charge in [0, 0.05) is 35.7 Å². The summed E-state index contributed by atoms with van der Waals surface area (Å²) in [6.07, 6.45) is 2.62. The zero-order valence-corrected chi connectivity index (χ0v) is 17.6. The van der Waals surface area contributed by atoms with Crippen LogP contribution in [0.5, 0.6) is 0 Å². The first-order chi connectivity index (χ1) is 14.4. The lowest BCUT2D eigenvalue weighted by Crippen LogP contribution is -2.35. The number of rotatable bonds is 4. The number of nitrogens with zero attached hydrogens (tertiary/aromatic N) is 1. The number of pyridine rings is 1. The molecule has 3 aromatic rings. The second-order valence-corrected chi connectivity index (χ2v) is 9.47. The van der Waals surface area contributed by atoms with Crippen molar-refractivity contribution in [1.29, 1.82) is 0 Å². The van der Waals surface area contributed by atoms with E-state index in [1.54, 1.807) is 24.3 Å². The summed E-state index contributed by atoms with van der Waals surface area (Å²) in [6, 6.07) is 12.5. The van der Waals surface area contributed by atoms with Crippen molar-refractivity contribution in [3.05, 3.63) is 69.5 Å². The molecule has 0 atom stereocenters. The van der Waals surface area contributed by atoms with E-state index in [4.69, 9.17) is 11.6 Å². The number of hydrogen-bond acceptors (Lipinski definition) is 4. The molecule has 9 heteroatoms. The summed E-state index contributed by atoms with van der Waals surface area (Å²) >= 11 is 6.19. The molecule has 2 aromatic carbocycles. The minimum absolute atomic E-state index is 0.0420. The van der Waals surface area contributed by atoms with Gasteiger partial charge < -0.3 is 10.3 Å². The number of para-hydroxylation sites is 1. The predicted molar refractivity (Wildman–Crippen MR) is 117 cm³/mol. The maximum absolute atomic E-state index is 13.0. The SMILES string of the molecule is O=C(Nc1ccc(Cl)c(S(=O)(=O)N2CCCCC2)c1)c1cc(=O)[nH]c2ccccc12. The molecular weight excluding hydrogens is 426 g/mol. The topological polar surface area (TPSA) is 99.3 Å². The van der Waals surface area contributed by atoms with E-state index in [9.17, 15) is 18.0 Å². The highest BCUT2D eigenvalue weighted by atomic mass is 35.5. The van der Waals surface area contributed by atoms with Gasteiger partial charge >= 0.3 is 0 Å². The molecular formula is C21H20ClN3O4S. The number of amides is 1. The molecule has 30 heavy (non-hydrogen) atoms. The van der Waals surface area contributed by atoms with Gasteiger partial charge in [0.1, 0.15) is 4.90 Å². The molecule has 2 heterocycles. The summed E-state index contributed by atoms with van der Waals surface area (Å²) in [5, 5.41) is 3.37. The smallest absolute Gasteiger partial charge is 0.256 e. The lowest BCUT2D eigenvalue weighted by Gasteiger charge is -2.26. The van der Waals surface area contributed by atoms with Crippen LogP contribution in [0.3, 0.4) is 0 Å². The Labute approximate surface area is 178 Å². The summed E-state index contributed by atoms with van der Waals surface area (Å²) < 4.78 is 27.5. The van der Waals surface area contributed by atoms with Crippen LogP contribution in [-0.4, -0.2) is 36.7 Å². The van der Waals surface area contributed by atoms with Crippen molar-refractivity contribution in [1.82, 2.24) is 9.29 Å². The number of carbonyl (C=O) groups excluding carboxylic acids is 1. The minimum atomic E-state index is -3.76. The zero-order valence-electron chi connectivity index (χ0n) is 16.0. The Morgan fingerprint density at radius 1 is 1.03 bits per heavy atom. The van der Waals surface area contributed by atoms with Crippen molar-refractivity contribution in [2.75, 3.05) is 18.4 Å². The number of fused-ring (bicyclic) bond motifs is 1. The van der Waals surface area contributed by atoms with Gasteiger partial charge in [-0.1, -0.05) is 36.2 Å². The van der Waals surface area contributed by atoms with E-state index < -0.39 is 21.5 Å². The number of anilines is 1. The molecule has 0 saturated carbocycles. The monoisotopic (exact) mass is 445 g/mol. The third-order valence-electron chi connectivity index (χ3n) is 5.12. The number of halogens is 1. The number of aromatic nitrogens is 1. The van der Waals surface area contributed by atoms with Crippen molar-refractivity contribution >= 4 is 44.1 Å². The van der Waals surface area contributed by atoms with Crippen LogP contribution < -0.4 is 10.9 Å². The highest BCUT2D eigenvalue weighted by Gasteiger charge is 2.28. The van der Waals surface area contributed by atoms with Gasteiger partial charge in [0.25, 0.3) is 5.91 Å². The van der Waals surface area contributed by atoms with Gasteiger partial charge in [-0.15, -0.1) is 0 Å². The van der Waals surface area contributed by atoms with Gasteiger partial charge in [0.15, 0.2) is 0 Å². The normalized spacial score (nSPS) is 15.2. The number of nitrogens with one attached hydrogen (secondary N) is 2. The van der Waals surface area contributed by atoms with Crippen molar-refractivity contribution in [2.24, 2.45) is 0 Å². The Balaban J connectivity index is 1.67. The van der Waals surface area contributed by atoms with Crippen LogP contribution in [0.25, 0.3) is 10.9 Å². The van der Waals surface area contributed by atoms with Crippen molar-refractivity contribution in [2.45, 2.75) is 24.2 Å². The molecule has 0 bridgehead atoms. The molecule has 0 aliphatic carbocycles. The quantitative estimate of drug-likeness (QED) is 0.640. The van der Waals surface area contributed by atoms with Crippen LogP contribution in [0.1, 0.15) is 29.6 Å². The fraction of sp³-hybridized carbons (Fsp3) is 0.238. The van der Waals surface area contributed by atoms with Crippen molar-refractivity contribution < 1.29 is 13.2 Å². The van der Waals surface area contributed by atoms with Gasteiger partial charge in [-0.3, -0.25) is 9.59 Å². The lowest BCUT2D eigenvalue weighted by molar-refractivity contribution is 0.102. The maximum Gasteiger partial charge on any atom is 0.256 e. The Morgan fingerprint density at radius 3 is 2.53 bits per heavy atom. The van der Waals surface area contributed by atoms with E-state index in [2.05, 4.69) is 10.3 Å². The van der Waals surface area contributed by atoms with Crippen LogP contribution in [-0.2, 0) is 10.0 Å². The maximum atomic E-state index is 13.0. The second-order valence-electron chi connectivity index (χ2n) is 7.16. The van der Waals surface area contributed by atoms with E-state index in [0.717, 1.165) is 19.3 Å². The lowest BCUT2D eigenvalue weighted by atomic mass is 10.1. The van der Waals surface area contributed by atoms with Gasteiger partial charge in [-0.2, -0.15) is 4.31 Å². The van der Waals surface area contributed by atoms with Gasteiger partial charge in [0.2, 0.25) is 15.6 Å². The third-order valence-corrected chi connectivity index (χ3v) is 7.50. The molecule has 1 aliphatic rings. The van der Waals surface area contributed by atoms with Crippen LogP contribution >= 0.6 is 11.6 Å². The molecule has 1 aromatic heterocycles. The Morgan fingerprint density at radius 2 is 1.77 bits per heavy atom. The number of piperidine rings is 1. The van der Waals surface area contributed by atoms with E-state index in [1.165, 1.54) is 28.6 Å². The molecule has 1 saturated heterocycles. The average molecular weight is 446 g/mol. The summed E-state index contributed by atoms with van der Waals surface area (Å²) in [7, 11) is -3.76. The van der Waals surface area contributed by atoms with E-state index >= 15 is 0 Å². The molecule has 0 unspecified atom stereocenters.